The van der Waals surface area contributed by atoms with Gasteiger partial charge in [-0.3, -0.25) is 0 Å². The van der Waals surface area contributed by atoms with Gasteiger partial charge in [-0.2, -0.15) is 0 Å². The first kappa shape index (κ1) is 10.5. The Morgan fingerprint density at radius 1 is 1.22 bits per heavy atom. The van der Waals surface area contributed by atoms with E-state index in [0.717, 1.165) is 11.1 Å². The fourth-order valence-corrected chi connectivity index (χ4v) is 1.78. The summed E-state index contributed by atoms with van der Waals surface area (Å²) in [5, 5.41) is 8.95. The number of pyridine rings is 1. The van der Waals surface area contributed by atoms with Crippen molar-refractivity contribution < 1.29 is 9.90 Å². The normalized spacial score (nSPS) is 10.7. The first-order valence-corrected chi connectivity index (χ1v) is 5.38. The molecule has 0 aliphatic carbocycles. The minimum atomic E-state index is -0.953. The van der Waals surface area contributed by atoms with Crippen molar-refractivity contribution in [2.45, 2.75) is 0 Å². The molecule has 0 saturated heterocycles. The summed E-state index contributed by atoms with van der Waals surface area (Å²) in [4.78, 5) is 22.5. The molecule has 0 radical (unpaired) electrons. The standard InChI is InChI=1S/C13H9N3O2/c17-13(18)9-4-1-3-8(7-9)11-15-10-5-2-6-14-12(10)16-11/h1-7H,(H,17,18)(H,14,15,16). The molecule has 88 valence electrons. The van der Waals surface area contributed by atoms with Crippen molar-refractivity contribution in [1.29, 1.82) is 0 Å². The van der Waals surface area contributed by atoms with Gasteiger partial charge in [-0.25, -0.2) is 14.8 Å². The van der Waals surface area contributed by atoms with E-state index in [1.54, 1.807) is 24.4 Å². The minimum Gasteiger partial charge on any atom is -0.478 e. The number of H-pyrrole nitrogens is 1. The van der Waals surface area contributed by atoms with E-state index in [1.807, 2.05) is 18.2 Å². The van der Waals surface area contributed by atoms with Crippen molar-refractivity contribution >= 4 is 17.1 Å². The molecule has 0 bridgehead atoms. The van der Waals surface area contributed by atoms with Gasteiger partial charge >= 0.3 is 5.97 Å². The largest absolute Gasteiger partial charge is 0.478 e. The Morgan fingerprint density at radius 3 is 2.89 bits per heavy atom. The lowest BCUT2D eigenvalue weighted by molar-refractivity contribution is 0.0697. The Bertz CT molecular complexity index is 701. The first-order valence-electron chi connectivity index (χ1n) is 5.38. The number of carbonyl (C=O) groups is 1. The van der Waals surface area contributed by atoms with Gasteiger partial charge in [-0.05, 0) is 24.3 Å². The van der Waals surface area contributed by atoms with E-state index >= 15 is 0 Å². The lowest BCUT2D eigenvalue weighted by Gasteiger charge is -1.98. The third-order valence-electron chi connectivity index (χ3n) is 2.64. The van der Waals surface area contributed by atoms with Gasteiger partial charge in [0, 0.05) is 11.8 Å². The molecule has 2 aromatic heterocycles. The molecule has 0 unspecified atom stereocenters. The number of aromatic carboxylic acids is 1. The molecule has 3 aromatic rings. The number of aromatic amines is 1. The third-order valence-corrected chi connectivity index (χ3v) is 2.64. The van der Waals surface area contributed by atoms with Crippen LogP contribution in [0.15, 0.2) is 42.6 Å². The summed E-state index contributed by atoms with van der Waals surface area (Å²) in [6.07, 6.45) is 1.67. The van der Waals surface area contributed by atoms with Crippen LogP contribution in [0.25, 0.3) is 22.6 Å². The molecule has 1 aromatic carbocycles. The molecule has 18 heavy (non-hydrogen) atoms. The fraction of sp³-hybridized carbons (Fsp3) is 0. The van der Waals surface area contributed by atoms with Gasteiger partial charge < -0.3 is 10.1 Å². The highest BCUT2D eigenvalue weighted by molar-refractivity contribution is 5.89. The molecule has 2 N–H and O–H groups in total. The summed E-state index contributed by atoms with van der Waals surface area (Å²) in [5.74, 6) is -0.335. The summed E-state index contributed by atoms with van der Waals surface area (Å²) >= 11 is 0. The Labute approximate surface area is 102 Å². The van der Waals surface area contributed by atoms with Crippen molar-refractivity contribution in [3.63, 3.8) is 0 Å². The summed E-state index contributed by atoms with van der Waals surface area (Å²) < 4.78 is 0. The van der Waals surface area contributed by atoms with E-state index in [9.17, 15) is 4.79 Å². The van der Waals surface area contributed by atoms with E-state index in [4.69, 9.17) is 5.11 Å². The number of fused-ring (bicyclic) bond motifs is 1. The highest BCUT2D eigenvalue weighted by Crippen LogP contribution is 2.20. The van der Waals surface area contributed by atoms with Gasteiger partial charge in [0.05, 0.1) is 11.1 Å². The van der Waals surface area contributed by atoms with E-state index in [-0.39, 0.29) is 5.56 Å². The second kappa shape index (κ2) is 3.96. The van der Waals surface area contributed by atoms with Gasteiger partial charge in [-0.1, -0.05) is 12.1 Å². The second-order valence-electron chi connectivity index (χ2n) is 3.85. The highest BCUT2D eigenvalue weighted by Gasteiger charge is 2.08. The van der Waals surface area contributed by atoms with Crippen molar-refractivity contribution in [3.05, 3.63) is 48.2 Å². The van der Waals surface area contributed by atoms with Crippen LogP contribution in [0.3, 0.4) is 0 Å². The Morgan fingerprint density at radius 2 is 2.11 bits per heavy atom. The molecule has 0 spiro atoms. The van der Waals surface area contributed by atoms with Crippen LogP contribution in [0.1, 0.15) is 10.4 Å². The van der Waals surface area contributed by atoms with Crippen LogP contribution in [0.2, 0.25) is 0 Å². The number of rotatable bonds is 2. The van der Waals surface area contributed by atoms with Crippen LogP contribution < -0.4 is 0 Å². The summed E-state index contributed by atoms with van der Waals surface area (Å²) in [5.41, 5.74) is 2.41. The van der Waals surface area contributed by atoms with Crippen molar-refractivity contribution in [2.24, 2.45) is 0 Å². The van der Waals surface area contributed by atoms with Crippen LogP contribution >= 0.6 is 0 Å². The first-order chi connectivity index (χ1) is 8.74. The molecule has 5 heteroatoms. The predicted molar refractivity (Wildman–Crippen MR) is 66.3 cm³/mol. The van der Waals surface area contributed by atoms with Crippen LogP contribution in [0.4, 0.5) is 0 Å². The molecule has 0 aliphatic heterocycles. The van der Waals surface area contributed by atoms with E-state index in [1.165, 1.54) is 0 Å². The van der Waals surface area contributed by atoms with Crippen LogP contribution in [0, 0.1) is 0 Å². The zero-order valence-electron chi connectivity index (χ0n) is 9.29. The number of imidazole rings is 1. The SMILES string of the molecule is O=C(O)c1cccc(-c2nc3ncccc3[nH]2)c1. The summed E-state index contributed by atoms with van der Waals surface area (Å²) in [6.45, 7) is 0. The number of carboxylic acids is 1. The number of nitrogens with one attached hydrogen (secondary N) is 1. The number of hydrogen-bond donors (Lipinski definition) is 2. The molecule has 0 amide bonds. The quantitative estimate of drug-likeness (QED) is 0.719. The molecule has 5 nitrogen and oxygen atoms in total. The summed E-state index contributed by atoms with van der Waals surface area (Å²) in [7, 11) is 0. The highest BCUT2D eigenvalue weighted by atomic mass is 16.4. The topological polar surface area (TPSA) is 78.9 Å². The molecular formula is C13H9N3O2. The average Bonchev–Trinajstić information content (AvgIpc) is 2.82. The van der Waals surface area contributed by atoms with Gasteiger partial charge in [0.25, 0.3) is 0 Å². The lowest BCUT2D eigenvalue weighted by atomic mass is 10.1. The van der Waals surface area contributed by atoms with Gasteiger partial charge in [0.15, 0.2) is 5.65 Å². The maximum Gasteiger partial charge on any atom is 0.335 e. The molecule has 2 heterocycles. The number of benzene rings is 1. The van der Waals surface area contributed by atoms with Crippen molar-refractivity contribution in [3.8, 4) is 11.4 Å². The Hall–Kier alpha value is -2.69. The Balaban J connectivity index is 2.13. The minimum absolute atomic E-state index is 0.237. The predicted octanol–water partition coefficient (Wildman–Crippen LogP) is 2.32. The molecule has 0 fully saturated rings. The van der Waals surface area contributed by atoms with Gasteiger partial charge in [0.2, 0.25) is 0 Å². The average molecular weight is 239 g/mol. The Kier molecular flexibility index (Phi) is 2.30. The number of carboxylic acid groups (broad SMARTS) is 1. The van der Waals surface area contributed by atoms with Crippen LogP contribution in [-0.4, -0.2) is 26.0 Å². The number of aromatic nitrogens is 3. The maximum absolute atomic E-state index is 10.9. The summed E-state index contributed by atoms with van der Waals surface area (Å²) in [6, 6.07) is 10.3. The zero-order chi connectivity index (χ0) is 12.5. The van der Waals surface area contributed by atoms with Crippen molar-refractivity contribution in [2.75, 3.05) is 0 Å². The van der Waals surface area contributed by atoms with Gasteiger partial charge in [-0.15, -0.1) is 0 Å². The maximum atomic E-state index is 10.9. The molecule has 0 saturated carbocycles. The lowest BCUT2D eigenvalue weighted by Crippen LogP contribution is -1.95. The van der Waals surface area contributed by atoms with E-state index < -0.39 is 5.97 Å². The van der Waals surface area contributed by atoms with E-state index in [0.29, 0.717) is 11.5 Å². The fourth-order valence-electron chi connectivity index (χ4n) is 1.78. The molecule has 0 atom stereocenters. The van der Waals surface area contributed by atoms with Crippen molar-refractivity contribution in [1.82, 2.24) is 15.0 Å². The second-order valence-corrected chi connectivity index (χ2v) is 3.85. The molecule has 0 aliphatic rings. The van der Waals surface area contributed by atoms with Crippen LogP contribution in [-0.2, 0) is 0 Å². The smallest absolute Gasteiger partial charge is 0.335 e. The monoisotopic (exact) mass is 239 g/mol. The zero-order valence-corrected chi connectivity index (χ0v) is 9.29. The molecule has 3 rings (SSSR count). The van der Waals surface area contributed by atoms with Crippen LogP contribution in [0.5, 0.6) is 0 Å². The number of nitrogens with zero attached hydrogens (tertiary/aromatic N) is 2. The van der Waals surface area contributed by atoms with Gasteiger partial charge in [0.1, 0.15) is 5.82 Å². The third kappa shape index (κ3) is 1.71. The molecular weight excluding hydrogens is 230 g/mol. The van der Waals surface area contributed by atoms with E-state index in [2.05, 4.69) is 15.0 Å². The number of hydrogen-bond acceptors (Lipinski definition) is 3.